The highest BCUT2D eigenvalue weighted by Crippen LogP contribution is 2.30. The molecule has 1 aromatic carbocycles. The zero-order chi connectivity index (χ0) is 16.5. The van der Waals surface area contributed by atoms with Crippen molar-refractivity contribution in [3.8, 4) is 0 Å². The monoisotopic (exact) mass is 359 g/mol. The predicted octanol–water partition coefficient (Wildman–Crippen LogP) is 2.86. The fourth-order valence-corrected chi connectivity index (χ4v) is 4.51. The van der Waals surface area contributed by atoms with Crippen LogP contribution in [0.15, 0.2) is 24.3 Å². The van der Waals surface area contributed by atoms with Crippen molar-refractivity contribution in [3.63, 3.8) is 0 Å². The van der Waals surface area contributed by atoms with E-state index in [-0.39, 0.29) is 11.9 Å². The van der Waals surface area contributed by atoms with Crippen molar-refractivity contribution in [1.29, 1.82) is 0 Å². The third-order valence-corrected chi connectivity index (χ3v) is 6.09. The van der Waals surface area contributed by atoms with Gasteiger partial charge in [-0.15, -0.1) is 5.10 Å². The summed E-state index contributed by atoms with van der Waals surface area (Å²) in [5.74, 6) is -0.0707. The Labute approximate surface area is 147 Å². The first kappa shape index (κ1) is 15.5. The number of fused-ring (bicyclic) bond motifs is 1. The lowest BCUT2D eigenvalue weighted by Gasteiger charge is -2.32. The van der Waals surface area contributed by atoms with Gasteiger partial charge < -0.3 is 10.2 Å². The van der Waals surface area contributed by atoms with E-state index in [2.05, 4.69) is 25.9 Å². The number of rotatable bonds is 3. The van der Waals surface area contributed by atoms with Crippen LogP contribution in [0.1, 0.15) is 28.2 Å². The maximum atomic E-state index is 12.4. The maximum Gasteiger partial charge on any atom is 0.265 e. The second kappa shape index (κ2) is 6.45. The number of aryl methyl sites for hydroxylation is 1. The first-order chi connectivity index (χ1) is 11.7. The molecular weight excluding hydrogens is 342 g/mol. The Morgan fingerprint density at radius 3 is 3.04 bits per heavy atom. The van der Waals surface area contributed by atoms with Gasteiger partial charge in [-0.2, -0.15) is 0 Å². The molecule has 0 bridgehead atoms. The molecule has 1 atom stereocenters. The Morgan fingerprint density at radius 1 is 1.38 bits per heavy atom. The van der Waals surface area contributed by atoms with E-state index in [9.17, 15) is 4.79 Å². The predicted molar refractivity (Wildman–Crippen MR) is 97.0 cm³/mol. The topological polar surface area (TPSA) is 71.0 Å². The fraction of sp³-hybridized carbons (Fsp3) is 0.375. The first-order valence-corrected chi connectivity index (χ1v) is 9.50. The van der Waals surface area contributed by atoms with Gasteiger partial charge in [0.2, 0.25) is 0 Å². The minimum atomic E-state index is -0.0707. The van der Waals surface area contributed by atoms with Crippen molar-refractivity contribution in [2.45, 2.75) is 25.8 Å². The summed E-state index contributed by atoms with van der Waals surface area (Å²) in [5, 5.41) is 8.06. The second-order valence-electron chi connectivity index (χ2n) is 5.91. The molecule has 1 saturated heterocycles. The van der Waals surface area contributed by atoms with Crippen molar-refractivity contribution in [2.75, 3.05) is 18.0 Å². The molecule has 2 aromatic heterocycles. The molecule has 1 N–H and O–H groups in total. The number of carbonyl (C=O) groups excluding carboxylic acids is 1. The number of piperidine rings is 1. The van der Waals surface area contributed by atoms with Crippen LogP contribution in [0, 0.1) is 6.92 Å². The van der Waals surface area contributed by atoms with Crippen LogP contribution >= 0.6 is 22.9 Å². The molecule has 0 radical (unpaired) electrons. The van der Waals surface area contributed by atoms with Crippen molar-refractivity contribution in [2.24, 2.45) is 0 Å². The van der Waals surface area contributed by atoms with Crippen LogP contribution < -0.4 is 10.2 Å². The van der Waals surface area contributed by atoms with Crippen LogP contribution in [0.2, 0.25) is 0 Å². The van der Waals surface area contributed by atoms with E-state index >= 15 is 0 Å². The lowest BCUT2D eigenvalue weighted by molar-refractivity contribution is 0.0936. The number of hydrogen-bond acceptors (Lipinski definition) is 7. The van der Waals surface area contributed by atoms with Gasteiger partial charge in [-0.25, -0.2) is 4.98 Å². The molecule has 8 heteroatoms. The lowest BCUT2D eigenvalue weighted by Crippen LogP contribution is -2.47. The third kappa shape index (κ3) is 2.99. The number of nitrogens with zero attached hydrogens (tertiary/aromatic N) is 4. The number of aromatic nitrogens is 3. The summed E-state index contributed by atoms with van der Waals surface area (Å²) in [4.78, 5) is 20.0. The molecule has 0 spiro atoms. The number of thiazole rings is 1. The fourth-order valence-electron chi connectivity index (χ4n) is 2.95. The zero-order valence-corrected chi connectivity index (χ0v) is 14.9. The van der Waals surface area contributed by atoms with Crippen LogP contribution in [-0.4, -0.2) is 39.6 Å². The van der Waals surface area contributed by atoms with Crippen molar-refractivity contribution >= 4 is 44.1 Å². The van der Waals surface area contributed by atoms with E-state index in [1.165, 1.54) is 4.70 Å². The van der Waals surface area contributed by atoms with E-state index in [1.807, 2.05) is 25.1 Å². The molecule has 124 valence electrons. The van der Waals surface area contributed by atoms with Gasteiger partial charge in [0.05, 0.1) is 15.9 Å². The molecule has 6 nitrogen and oxygen atoms in total. The van der Waals surface area contributed by atoms with E-state index in [4.69, 9.17) is 4.98 Å². The van der Waals surface area contributed by atoms with Crippen LogP contribution in [0.25, 0.3) is 10.2 Å². The summed E-state index contributed by atoms with van der Waals surface area (Å²) in [6.07, 6.45) is 2.03. The minimum Gasteiger partial charge on any atom is -0.347 e. The molecule has 1 aliphatic rings. The van der Waals surface area contributed by atoms with Crippen LogP contribution in [0.5, 0.6) is 0 Å². The Kier molecular flexibility index (Phi) is 4.15. The van der Waals surface area contributed by atoms with Gasteiger partial charge in [0.1, 0.15) is 4.88 Å². The van der Waals surface area contributed by atoms with E-state index in [1.54, 1.807) is 11.3 Å². The van der Waals surface area contributed by atoms with Crippen LogP contribution in [0.4, 0.5) is 5.13 Å². The highest BCUT2D eigenvalue weighted by Gasteiger charge is 2.25. The van der Waals surface area contributed by atoms with Crippen LogP contribution in [0.3, 0.4) is 0 Å². The molecule has 3 aromatic rings. The number of para-hydroxylation sites is 1. The summed E-state index contributed by atoms with van der Waals surface area (Å²) in [5.41, 5.74) is 1.73. The largest absolute Gasteiger partial charge is 0.347 e. The van der Waals surface area contributed by atoms with E-state index < -0.39 is 0 Å². The Bertz CT molecular complexity index is 841. The number of nitrogens with one attached hydrogen (secondary N) is 1. The average molecular weight is 359 g/mol. The normalized spacial score (nSPS) is 18.0. The van der Waals surface area contributed by atoms with E-state index in [0.29, 0.717) is 10.6 Å². The summed E-state index contributed by atoms with van der Waals surface area (Å²) in [7, 11) is 0. The average Bonchev–Trinajstić information content (AvgIpc) is 3.21. The molecule has 1 aliphatic heterocycles. The van der Waals surface area contributed by atoms with Gasteiger partial charge >= 0.3 is 0 Å². The molecule has 1 fully saturated rings. The number of benzene rings is 1. The zero-order valence-electron chi connectivity index (χ0n) is 13.2. The number of hydrogen-bond donors (Lipinski definition) is 1. The molecule has 4 rings (SSSR count). The lowest BCUT2D eigenvalue weighted by atomic mass is 10.1. The number of amides is 1. The number of carbonyl (C=O) groups is 1. The minimum absolute atomic E-state index is 0.0707. The van der Waals surface area contributed by atoms with Gasteiger partial charge in [0.15, 0.2) is 5.13 Å². The second-order valence-corrected chi connectivity index (χ2v) is 7.67. The van der Waals surface area contributed by atoms with Gasteiger partial charge in [-0.1, -0.05) is 28.0 Å². The Morgan fingerprint density at radius 2 is 2.25 bits per heavy atom. The maximum absolute atomic E-state index is 12.4. The van der Waals surface area contributed by atoms with Crippen LogP contribution in [-0.2, 0) is 0 Å². The molecule has 24 heavy (non-hydrogen) atoms. The van der Waals surface area contributed by atoms with Crippen molar-refractivity contribution in [1.82, 2.24) is 19.9 Å². The molecular formula is C16H17N5OS2. The standard InChI is InChI=1S/C16H17N5OS2/c1-10-14(24-20-19-10)15(22)17-11-5-4-8-21(9-11)16-18-12-6-2-3-7-13(12)23-16/h2-3,6-7,11H,4-5,8-9H2,1H3,(H,17,22)/t11-/m0/s1. The first-order valence-electron chi connectivity index (χ1n) is 7.91. The third-order valence-electron chi connectivity index (χ3n) is 4.17. The highest BCUT2D eigenvalue weighted by atomic mass is 32.1. The molecule has 3 heterocycles. The Hall–Kier alpha value is -2.06. The summed E-state index contributed by atoms with van der Waals surface area (Å²) in [6, 6.07) is 8.31. The SMILES string of the molecule is Cc1nnsc1C(=O)N[C@H]1CCCN(c2nc3ccccc3s2)C1. The quantitative estimate of drug-likeness (QED) is 0.779. The van der Waals surface area contributed by atoms with Gasteiger partial charge in [-0.3, -0.25) is 4.79 Å². The Balaban J connectivity index is 1.47. The van der Waals surface area contributed by atoms with Crippen molar-refractivity contribution in [3.05, 3.63) is 34.8 Å². The summed E-state index contributed by atoms with van der Waals surface area (Å²) < 4.78 is 5.03. The molecule has 0 saturated carbocycles. The number of anilines is 1. The molecule has 1 amide bonds. The van der Waals surface area contributed by atoms with Gasteiger partial charge in [0, 0.05) is 19.1 Å². The van der Waals surface area contributed by atoms with Crippen molar-refractivity contribution < 1.29 is 4.79 Å². The van der Waals surface area contributed by atoms with E-state index in [0.717, 1.165) is 48.1 Å². The summed E-state index contributed by atoms with van der Waals surface area (Å²) in [6.45, 7) is 3.58. The highest BCUT2D eigenvalue weighted by molar-refractivity contribution is 7.22. The summed E-state index contributed by atoms with van der Waals surface area (Å²) >= 11 is 2.86. The molecule has 0 aliphatic carbocycles. The van der Waals surface area contributed by atoms with Gasteiger partial charge in [-0.05, 0) is 43.4 Å². The van der Waals surface area contributed by atoms with Gasteiger partial charge in [0.25, 0.3) is 5.91 Å². The smallest absolute Gasteiger partial charge is 0.265 e. The molecule has 0 unspecified atom stereocenters.